The van der Waals surface area contributed by atoms with E-state index in [1.807, 2.05) is 0 Å². The first-order chi connectivity index (χ1) is 16.8. The van der Waals surface area contributed by atoms with E-state index < -0.39 is 0 Å². The van der Waals surface area contributed by atoms with E-state index in [1.54, 1.807) is 0 Å². The lowest BCUT2D eigenvalue weighted by Crippen LogP contribution is -2.13. The standard InChI is InChI=1S/C34H44/c1-3-5-7-8-9-10-12-14-29-15-17-31(18-16-29)19-20-32-23-27-34(28-24-32)33-25-21-30(22-26-33)13-11-6-4-2/h15-18,23-24,27-28,30,33H,3-11,13,21-22,25-26H2,1-2H3/t30-,33-. The molecule has 3 rings (SSSR count). The van der Waals surface area contributed by atoms with Gasteiger partial charge in [-0.05, 0) is 85.9 Å². The molecule has 0 saturated heterocycles. The molecule has 0 bridgehead atoms. The summed E-state index contributed by atoms with van der Waals surface area (Å²) < 4.78 is 0. The van der Waals surface area contributed by atoms with Crippen molar-refractivity contribution in [3.05, 3.63) is 70.8 Å². The summed E-state index contributed by atoms with van der Waals surface area (Å²) in [5.41, 5.74) is 4.74. The van der Waals surface area contributed by atoms with E-state index >= 15 is 0 Å². The Hall–Kier alpha value is -2.44. The summed E-state index contributed by atoms with van der Waals surface area (Å²) in [6.07, 6.45) is 18.7. The van der Waals surface area contributed by atoms with Crippen LogP contribution in [0.15, 0.2) is 48.5 Å². The van der Waals surface area contributed by atoms with Crippen molar-refractivity contribution in [2.45, 2.75) is 110 Å². The van der Waals surface area contributed by atoms with Crippen molar-refractivity contribution in [2.75, 3.05) is 0 Å². The van der Waals surface area contributed by atoms with Crippen LogP contribution in [0.25, 0.3) is 0 Å². The van der Waals surface area contributed by atoms with Crippen LogP contribution >= 0.6 is 0 Å². The van der Waals surface area contributed by atoms with Gasteiger partial charge in [-0.1, -0.05) is 101 Å². The van der Waals surface area contributed by atoms with Gasteiger partial charge in [-0.15, -0.1) is 0 Å². The van der Waals surface area contributed by atoms with Gasteiger partial charge in [0.15, 0.2) is 0 Å². The van der Waals surface area contributed by atoms with Gasteiger partial charge in [-0.2, -0.15) is 0 Å². The van der Waals surface area contributed by atoms with Gasteiger partial charge in [0.1, 0.15) is 0 Å². The summed E-state index contributed by atoms with van der Waals surface area (Å²) in [6.45, 7) is 4.56. The van der Waals surface area contributed by atoms with Crippen molar-refractivity contribution in [3.63, 3.8) is 0 Å². The molecule has 180 valence electrons. The van der Waals surface area contributed by atoms with E-state index in [1.165, 1.54) is 89.0 Å². The molecule has 1 aliphatic rings. The van der Waals surface area contributed by atoms with E-state index in [0.717, 1.165) is 34.9 Å². The van der Waals surface area contributed by atoms with Gasteiger partial charge < -0.3 is 0 Å². The Balaban J connectivity index is 1.44. The Morgan fingerprint density at radius 2 is 1.12 bits per heavy atom. The number of unbranched alkanes of at least 4 members (excludes halogenated alkanes) is 7. The number of benzene rings is 2. The molecule has 0 heterocycles. The van der Waals surface area contributed by atoms with Gasteiger partial charge in [0.05, 0.1) is 0 Å². The SMILES string of the molecule is CCCCCCCC#Cc1ccc(C#Cc2ccc([C@H]3CC[C@H](CCCCC)CC3)cc2)cc1. The fourth-order valence-electron chi connectivity index (χ4n) is 5.07. The molecule has 1 saturated carbocycles. The second kappa shape index (κ2) is 15.5. The first-order valence-corrected chi connectivity index (χ1v) is 14.0. The fraction of sp³-hybridized carbons (Fsp3) is 0.529. The van der Waals surface area contributed by atoms with E-state index in [9.17, 15) is 0 Å². The van der Waals surface area contributed by atoms with Gasteiger partial charge in [0, 0.05) is 23.1 Å². The van der Waals surface area contributed by atoms with Gasteiger partial charge in [-0.3, -0.25) is 0 Å². The molecule has 0 aliphatic heterocycles. The molecule has 0 amide bonds. The highest BCUT2D eigenvalue weighted by Gasteiger charge is 2.21. The minimum Gasteiger partial charge on any atom is -0.0979 e. The number of hydrogen-bond acceptors (Lipinski definition) is 0. The van der Waals surface area contributed by atoms with Crippen LogP contribution in [0.5, 0.6) is 0 Å². The predicted octanol–water partition coefficient (Wildman–Crippen LogP) is 9.65. The van der Waals surface area contributed by atoms with Gasteiger partial charge in [-0.25, -0.2) is 0 Å². The maximum absolute atomic E-state index is 3.34. The first-order valence-electron chi connectivity index (χ1n) is 14.0. The lowest BCUT2D eigenvalue weighted by Gasteiger charge is -2.29. The normalized spacial score (nSPS) is 17.4. The molecule has 1 aliphatic carbocycles. The third kappa shape index (κ3) is 9.43. The summed E-state index contributed by atoms with van der Waals surface area (Å²) in [6, 6.07) is 17.4. The van der Waals surface area contributed by atoms with Crippen LogP contribution in [-0.2, 0) is 0 Å². The highest BCUT2D eigenvalue weighted by molar-refractivity contribution is 5.46. The Morgan fingerprint density at radius 3 is 1.74 bits per heavy atom. The Morgan fingerprint density at radius 1 is 0.588 bits per heavy atom. The third-order valence-corrected chi connectivity index (χ3v) is 7.32. The number of hydrogen-bond donors (Lipinski definition) is 0. The molecule has 0 N–H and O–H groups in total. The van der Waals surface area contributed by atoms with Crippen LogP contribution in [0.3, 0.4) is 0 Å². The smallest absolute Gasteiger partial charge is 0.0249 e. The molecule has 2 aromatic carbocycles. The maximum atomic E-state index is 3.34. The van der Waals surface area contributed by atoms with Crippen molar-refractivity contribution in [1.82, 2.24) is 0 Å². The average molecular weight is 453 g/mol. The number of rotatable bonds is 10. The van der Waals surface area contributed by atoms with Crippen LogP contribution in [0.1, 0.15) is 132 Å². The molecule has 0 radical (unpaired) electrons. The van der Waals surface area contributed by atoms with Crippen LogP contribution in [0, 0.1) is 29.6 Å². The zero-order valence-electron chi connectivity index (χ0n) is 21.7. The first kappa shape index (κ1) is 26.2. The predicted molar refractivity (Wildman–Crippen MR) is 148 cm³/mol. The van der Waals surface area contributed by atoms with Crippen molar-refractivity contribution < 1.29 is 0 Å². The summed E-state index contributed by atoms with van der Waals surface area (Å²) in [7, 11) is 0. The van der Waals surface area contributed by atoms with Crippen molar-refractivity contribution in [1.29, 1.82) is 0 Å². The lowest BCUT2D eigenvalue weighted by atomic mass is 9.77. The summed E-state index contributed by atoms with van der Waals surface area (Å²) >= 11 is 0. The van der Waals surface area contributed by atoms with Gasteiger partial charge >= 0.3 is 0 Å². The molecular formula is C34H44. The van der Waals surface area contributed by atoms with Gasteiger partial charge in [0.25, 0.3) is 0 Å². The Labute approximate surface area is 210 Å². The summed E-state index contributed by atoms with van der Waals surface area (Å²) in [4.78, 5) is 0. The molecule has 34 heavy (non-hydrogen) atoms. The topological polar surface area (TPSA) is 0 Å². The van der Waals surface area contributed by atoms with Crippen LogP contribution < -0.4 is 0 Å². The highest BCUT2D eigenvalue weighted by Crippen LogP contribution is 2.37. The molecule has 0 unspecified atom stereocenters. The monoisotopic (exact) mass is 452 g/mol. The Bertz CT molecular complexity index is 932. The zero-order chi connectivity index (χ0) is 23.8. The molecule has 0 nitrogen and oxygen atoms in total. The van der Waals surface area contributed by atoms with Gasteiger partial charge in [0.2, 0.25) is 0 Å². The minimum absolute atomic E-state index is 0.745. The lowest BCUT2D eigenvalue weighted by molar-refractivity contribution is 0.303. The van der Waals surface area contributed by atoms with E-state index in [4.69, 9.17) is 0 Å². The minimum atomic E-state index is 0.745. The van der Waals surface area contributed by atoms with E-state index in [0.29, 0.717) is 0 Å². The van der Waals surface area contributed by atoms with Crippen LogP contribution in [0.2, 0.25) is 0 Å². The average Bonchev–Trinajstić information content (AvgIpc) is 2.88. The highest BCUT2D eigenvalue weighted by atomic mass is 14.3. The molecule has 0 aromatic heterocycles. The van der Waals surface area contributed by atoms with Crippen molar-refractivity contribution in [3.8, 4) is 23.7 Å². The molecule has 0 spiro atoms. The largest absolute Gasteiger partial charge is 0.0979 e. The third-order valence-electron chi connectivity index (χ3n) is 7.32. The quantitative estimate of drug-likeness (QED) is 0.248. The fourth-order valence-corrected chi connectivity index (χ4v) is 5.07. The van der Waals surface area contributed by atoms with Crippen LogP contribution in [0.4, 0.5) is 0 Å². The second-order valence-corrected chi connectivity index (χ2v) is 10.1. The molecule has 2 aromatic rings. The zero-order valence-corrected chi connectivity index (χ0v) is 21.7. The Kier molecular flexibility index (Phi) is 11.9. The molecule has 0 atom stereocenters. The molecular weight excluding hydrogens is 408 g/mol. The van der Waals surface area contributed by atoms with E-state index in [-0.39, 0.29) is 0 Å². The maximum Gasteiger partial charge on any atom is 0.0249 e. The van der Waals surface area contributed by atoms with Crippen molar-refractivity contribution in [2.24, 2.45) is 5.92 Å². The summed E-state index contributed by atoms with van der Waals surface area (Å²) in [5, 5.41) is 0. The van der Waals surface area contributed by atoms with Crippen molar-refractivity contribution >= 4 is 0 Å². The van der Waals surface area contributed by atoms with Crippen LogP contribution in [-0.4, -0.2) is 0 Å². The van der Waals surface area contributed by atoms with E-state index in [2.05, 4.69) is 86.1 Å². The molecule has 0 heteroatoms. The second-order valence-electron chi connectivity index (χ2n) is 10.1. The molecule has 1 fully saturated rings. The summed E-state index contributed by atoms with van der Waals surface area (Å²) in [5.74, 6) is 15.0.